The van der Waals surface area contributed by atoms with Crippen LogP contribution in [0.25, 0.3) is 0 Å². The number of carbonyl (C=O) groups excluding carboxylic acids is 2. The highest BCUT2D eigenvalue weighted by Crippen LogP contribution is 2.01. The summed E-state index contributed by atoms with van der Waals surface area (Å²) in [5.74, 6) is -1.12. The van der Waals surface area contributed by atoms with Gasteiger partial charge in [0.25, 0.3) is 5.91 Å². The standard InChI is InChI=1S/C11H15N3O3/c12-9(6-8-4-2-1-3-5-8)11(16)13-7-10(15)14-17/h1-5,9,17H,6-7,12H2,(H,13,16)(H,14,15)/t9-/m1/s1. The van der Waals surface area contributed by atoms with Crippen molar-refractivity contribution in [2.75, 3.05) is 6.54 Å². The predicted molar refractivity (Wildman–Crippen MR) is 61.1 cm³/mol. The van der Waals surface area contributed by atoms with E-state index in [0.29, 0.717) is 6.42 Å². The minimum absolute atomic E-state index is 0.294. The highest BCUT2D eigenvalue weighted by molar-refractivity contribution is 5.87. The van der Waals surface area contributed by atoms with Gasteiger partial charge in [-0.1, -0.05) is 30.3 Å². The van der Waals surface area contributed by atoms with Crippen LogP contribution in [-0.4, -0.2) is 29.6 Å². The van der Waals surface area contributed by atoms with Crippen LogP contribution in [0.1, 0.15) is 5.56 Å². The molecule has 0 radical (unpaired) electrons. The van der Waals surface area contributed by atoms with E-state index in [9.17, 15) is 9.59 Å². The number of benzene rings is 1. The molecule has 0 aromatic heterocycles. The zero-order valence-electron chi connectivity index (χ0n) is 9.22. The third kappa shape index (κ3) is 4.62. The fraction of sp³-hybridized carbons (Fsp3) is 0.273. The van der Waals surface area contributed by atoms with E-state index in [1.54, 1.807) is 0 Å². The molecule has 17 heavy (non-hydrogen) atoms. The SMILES string of the molecule is N[C@H](Cc1ccccc1)C(=O)NCC(=O)NO. The number of nitrogens with two attached hydrogens (primary N) is 1. The number of nitrogens with one attached hydrogen (secondary N) is 2. The van der Waals surface area contributed by atoms with Crippen LogP contribution < -0.4 is 16.5 Å². The molecule has 0 aliphatic rings. The molecule has 0 aliphatic carbocycles. The Kier molecular flexibility index (Phi) is 5.12. The van der Waals surface area contributed by atoms with Gasteiger partial charge in [-0.3, -0.25) is 14.8 Å². The Hall–Kier alpha value is -1.92. The van der Waals surface area contributed by atoms with Crippen molar-refractivity contribution in [2.45, 2.75) is 12.5 Å². The molecule has 1 atom stereocenters. The lowest BCUT2D eigenvalue weighted by atomic mass is 10.1. The molecule has 6 nitrogen and oxygen atoms in total. The second-order valence-corrected chi connectivity index (χ2v) is 3.55. The maximum Gasteiger partial charge on any atom is 0.262 e. The van der Waals surface area contributed by atoms with E-state index in [4.69, 9.17) is 10.9 Å². The molecule has 0 bridgehead atoms. The number of hydrogen-bond acceptors (Lipinski definition) is 4. The topological polar surface area (TPSA) is 104 Å². The van der Waals surface area contributed by atoms with Gasteiger partial charge in [0, 0.05) is 0 Å². The molecule has 0 spiro atoms. The third-order valence-electron chi connectivity index (χ3n) is 2.18. The van der Waals surface area contributed by atoms with Gasteiger partial charge in [-0.05, 0) is 12.0 Å². The van der Waals surface area contributed by atoms with Crippen molar-refractivity contribution in [3.63, 3.8) is 0 Å². The average molecular weight is 237 g/mol. The van der Waals surface area contributed by atoms with Gasteiger partial charge < -0.3 is 11.1 Å². The highest BCUT2D eigenvalue weighted by atomic mass is 16.5. The van der Waals surface area contributed by atoms with Crippen LogP contribution in [0.4, 0.5) is 0 Å². The van der Waals surface area contributed by atoms with Gasteiger partial charge in [0.1, 0.15) is 0 Å². The molecule has 0 fully saturated rings. The van der Waals surface area contributed by atoms with Gasteiger partial charge in [0.05, 0.1) is 12.6 Å². The smallest absolute Gasteiger partial charge is 0.262 e. The molecule has 1 aromatic rings. The van der Waals surface area contributed by atoms with E-state index < -0.39 is 17.9 Å². The molecule has 92 valence electrons. The molecule has 0 heterocycles. The van der Waals surface area contributed by atoms with Crippen molar-refractivity contribution in [2.24, 2.45) is 5.73 Å². The summed E-state index contributed by atoms with van der Waals surface area (Å²) in [6.45, 7) is -0.294. The number of amides is 2. The van der Waals surface area contributed by atoms with Crippen molar-refractivity contribution in [3.05, 3.63) is 35.9 Å². The zero-order valence-corrected chi connectivity index (χ0v) is 9.22. The number of hydroxylamine groups is 1. The molecule has 1 rings (SSSR count). The summed E-state index contributed by atoms with van der Waals surface area (Å²) in [5, 5.41) is 10.6. The van der Waals surface area contributed by atoms with E-state index in [-0.39, 0.29) is 6.54 Å². The molecule has 0 unspecified atom stereocenters. The van der Waals surface area contributed by atoms with E-state index in [1.807, 2.05) is 30.3 Å². The first kappa shape index (κ1) is 13.1. The minimum atomic E-state index is -0.719. The van der Waals surface area contributed by atoms with Gasteiger partial charge in [0.2, 0.25) is 5.91 Å². The maximum atomic E-state index is 11.5. The summed E-state index contributed by atoms with van der Waals surface area (Å²) in [7, 11) is 0. The second-order valence-electron chi connectivity index (χ2n) is 3.55. The fourth-order valence-electron chi connectivity index (χ4n) is 1.30. The summed E-state index contributed by atoms with van der Waals surface area (Å²) >= 11 is 0. The van der Waals surface area contributed by atoms with Crippen molar-refractivity contribution in [3.8, 4) is 0 Å². The van der Waals surface area contributed by atoms with Gasteiger partial charge >= 0.3 is 0 Å². The van der Waals surface area contributed by atoms with Crippen molar-refractivity contribution in [1.82, 2.24) is 10.8 Å². The predicted octanol–water partition coefficient (Wildman–Crippen LogP) is -0.822. The molecule has 2 amide bonds. The van der Waals surface area contributed by atoms with Crippen LogP contribution in [0, 0.1) is 0 Å². The van der Waals surface area contributed by atoms with Crippen molar-refractivity contribution < 1.29 is 14.8 Å². The van der Waals surface area contributed by atoms with Crippen LogP contribution in [0.15, 0.2) is 30.3 Å². The average Bonchev–Trinajstić information content (AvgIpc) is 2.36. The normalized spacial score (nSPS) is 11.6. The Morgan fingerprint density at radius 2 is 1.94 bits per heavy atom. The largest absolute Gasteiger partial charge is 0.346 e. The Morgan fingerprint density at radius 1 is 1.29 bits per heavy atom. The summed E-state index contributed by atoms with van der Waals surface area (Å²) in [5.41, 5.74) is 8.03. The van der Waals surface area contributed by atoms with E-state index >= 15 is 0 Å². The lowest BCUT2D eigenvalue weighted by Gasteiger charge is -2.11. The molecule has 5 N–H and O–H groups in total. The maximum absolute atomic E-state index is 11.5. The van der Waals surface area contributed by atoms with E-state index in [1.165, 1.54) is 5.48 Å². The van der Waals surface area contributed by atoms with Crippen LogP contribution in [0.5, 0.6) is 0 Å². The van der Waals surface area contributed by atoms with Crippen LogP contribution in [0.3, 0.4) is 0 Å². The van der Waals surface area contributed by atoms with E-state index in [2.05, 4.69) is 5.32 Å². The van der Waals surface area contributed by atoms with Gasteiger partial charge in [-0.25, -0.2) is 5.48 Å². The zero-order chi connectivity index (χ0) is 12.7. The summed E-state index contributed by atoms with van der Waals surface area (Å²) in [4.78, 5) is 22.2. The Bertz CT molecular complexity index is 381. The lowest BCUT2D eigenvalue weighted by Crippen LogP contribution is -2.45. The minimum Gasteiger partial charge on any atom is -0.346 e. The highest BCUT2D eigenvalue weighted by Gasteiger charge is 2.14. The van der Waals surface area contributed by atoms with Crippen molar-refractivity contribution in [1.29, 1.82) is 0 Å². The molecule has 0 aliphatic heterocycles. The lowest BCUT2D eigenvalue weighted by molar-refractivity contribution is -0.131. The Balaban J connectivity index is 2.40. The van der Waals surface area contributed by atoms with E-state index in [0.717, 1.165) is 5.56 Å². The van der Waals surface area contributed by atoms with Crippen LogP contribution in [0.2, 0.25) is 0 Å². The summed E-state index contributed by atoms with van der Waals surface area (Å²) < 4.78 is 0. The quantitative estimate of drug-likeness (QED) is 0.396. The Morgan fingerprint density at radius 3 is 2.53 bits per heavy atom. The Labute approximate surface area is 98.8 Å². The number of rotatable bonds is 5. The first-order valence-corrected chi connectivity index (χ1v) is 5.13. The first-order chi connectivity index (χ1) is 8.13. The second kappa shape index (κ2) is 6.62. The molecule has 6 heteroatoms. The molecule has 1 aromatic carbocycles. The van der Waals surface area contributed by atoms with Crippen molar-refractivity contribution >= 4 is 11.8 Å². The van der Waals surface area contributed by atoms with Gasteiger partial charge in [-0.2, -0.15) is 0 Å². The number of hydrogen-bond donors (Lipinski definition) is 4. The number of carbonyl (C=O) groups is 2. The van der Waals surface area contributed by atoms with Gasteiger partial charge in [-0.15, -0.1) is 0 Å². The molecular formula is C11H15N3O3. The first-order valence-electron chi connectivity index (χ1n) is 5.13. The van der Waals surface area contributed by atoms with Gasteiger partial charge in [0.15, 0.2) is 0 Å². The monoisotopic (exact) mass is 237 g/mol. The summed E-state index contributed by atoms with van der Waals surface area (Å²) in [6, 6.07) is 8.61. The van der Waals surface area contributed by atoms with Crippen LogP contribution >= 0.6 is 0 Å². The van der Waals surface area contributed by atoms with Crippen LogP contribution in [-0.2, 0) is 16.0 Å². The molecule has 0 saturated carbocycles. The summed E-state index contributed by atoms with van der Waals surface area (Å²) in [6.07, 6.45) is 0.396. The molecule has 0 saturated heterocycles. The molecular weight excluding hydrogens is 222 g/mol. The fourth-order valence-corrected chi connectivity index (χ4v) is 1.30. The third-order valence-corrected chi connectivity index (χ3v) is 2.18.